The second-order valence-electron chi connectivity index (χ2n) is 13.4. The van der Waals surface area contributed by atoms with Crippen molar-refractivity contribution in [1.29, 1.82) is 0 Å². The van der Waals surface area contributed by atoms with Gasteiger partial charge in [0.25, 0.3) is 5.91 Å². The third-order valence-electron chi connectivity index (χ3n) is 9.91. The summed E-state index contributed by atoms with van der Waals surface area (Å²) < 4.78 is 50.4. The Morgan fingerprint density at radius 3 is 2.53 bits per heavy atom. The lowest BCUT2D eigenvalue weighted by Crippen LogP contribution is -2.52. The molecule has 14 heteroatoms. The van der Waals surface area contributed by atoms with Crippen LogP contribution in [0.4, 0.5) is 18.9 Å². The Hall–Kier alpha value is -4.27. The van der Waals surface area contributed by atoms with E-state index < -0.39 is 24.7 Å². The number of nitrogens with one attached hydrogen (secondary N) is 1. The van der Waals surface area contributed by atoms with Crippen molar-refractivity contribution in [2.75, 3.05) is 64.4 Å². The number of carbonyl (C=O) groups excluding carboxylic acids is 3. The third kappa shape index (κ3) is 7.36. The molecule has 11 nitrogen and oxygen atoms in total. The van der Waals surface area contributed by atoms with E-state index in [0.29, 0.717) is 63.6 Å². The minimum atomic E-state index is -4.18. The number of aromatic nitrogens is 1. The van der Waals surface area contributed by atoms with Crippen molar-refractivity contribution in [2.24, 2.45) is 5.92 Å². The molecule has 0 radical (unpaired) electrons. The second kappa shape index (κ2) is 13.6. The van der Waals surface area contributed by atoms with Crippen LogP contribution in [-0.2, 0) is 27.4 Å². The van der Waals surface area contributed by atoms with Gasteiger partial charge >= 0.3 is 6.18 Å². The Morgan fingerprint density at radius 2 is 1.78 bits per heavy atom. The van der Waals surface area contributed by atoms with E-state index in [1.165, 1.54) is 9.80 Å². The number of likely N-dealkylation sites (tertiary alicyclic amines) is 1. The molecule has 0 saturated carbocycles. The molecule has 1 aromatic heterocycles. The lowest BCUT2D eigenvalue weighted by Gasteiger charge is -2.36. The zero-order valence-corrected chi connectivity index (χ0v) is 27.2. The summed E-state index contributed by atoms with van der Waals surface area (Å²) in [5.41, 5.74) is 3.23. The topological polar surface area (TPSA) is 108 Å². The first kappa shape index (κ1) is 33.2. The molecule has 7 rings (SSSR count). The Labute approximate surface area is 281 Å². The van der Waals surface area contributed by atoms with Crippen LogP contribution in [0.3, 0.4) is 0 Å². The molecule has 3 atom stereocenters. The van der Waals surface area contributed by atoms with Gasteiger partial charge in [0.1, 0.15) is 17.9 Å². The van der Waals surface area contributed by atoms with Crippen molar-refractivity contribution in [3.05, 3.63) is 65.5 Å². The number of amides is 3. The number of imide groups is 1. The van der Waals surface area contributed by atoms with Crippen LogP contribution in [-0.4, -0.2) is 115 Å². The fraction of sp³-hybridized carbons (Fsp3) is 0.486. The predicted molar refractivity (Wildman–Crippen MR) is 174 cm³/mol. The molecular formula is C35H39F3N6O5. The van der Waals surface area contributed by atoms with E-state index in [4.69, 9.17) is 14.5 Å². The van der Waals surface area contributed by atoms with E-state index in [9.17, 15) is 27.6 Å². The highest BCUT2D eigenvalue weighted by Crippen LogP contribution is 2.32. The van der Waals surface area contributed by atoms with Crippen molar-refractivity contribution in [3.63, 3.8) is 0 Å². The van der Waals surface area contributed by atoms with E-state index in [1.807, 2.05) is 30.5 Å². The summed E-state index contributed by atoms with van der Waals surface area (Å²) in [7, 11) is 1.67. The molecule has 260 valence electrons. The lowest BCUT2D eigenvalue weighted by molar-refractivity contribution is -0.146. The Morgan fingerprint density at radius 1 is 0.959 bits per heavy atom. The minimum Gasteiger partial charge on any atom is -0.489 e. The van der Waals surface area contributed by atoms with Gasteiger partial charge < -0.3 is 19.3 Å². The van der Waals surface area contributed by atoms with Crippen LogP contribution >= 0.6 is 0 Å². The molecule has 5 heterocycles. The SMILES string of the molecule is COC[C@@H]1CN(Cc2cc3ccc(N4CCN(CC(F)(F)F)CC4)cc3cn2)C[C@H]1Oc1ccc2c(c1)CN([C@H]1CCC(=O)NC1=O)C2=O. The maximum atomic E-state index is 13.1. The summed E-state index contributed by atoms with van der Waals surface area (Å²) in [4.78, 5) is 49.3. The standard InChI is InChI=1S/C35H39F3N6O5/c1-48-20-25-16-42(18-26-12-22-2-3-27(13-23(22)15-39-26)43-10-8-41(9-11-43)21-35(36,37)38)19-31(25)49-28-4-5-29-24(14-28)17-44(34(29)47)30-6-7-32(45)40-33(30)46/h2-5,12-15,25,30-31H,6-11,16-21H2,1H3,(H,40,45,46)/t25-,30-,31+/m0/s1. The summed E-state index contributed by atoms with van der Waals surface area (Å²) >= 11 is 0. The van der Waals surface area contributed by atoms with Gasteiger partial charge in [-0.25, -0.2) is 0 Å². The summed E-state index contributed by atoms with van der Waals surface area (Å²) in [5, 5.41) is 4.36. The zero-order valence-electron chi connectivity index (χ0n) is 27.2. The zero-order chi connectivity index (χ0) is 34.3. The fourth-order valence-corrected chi connectivity index (χ4v) is 7.47. The highest BCUT2D eigenvalue weighted by Gasteiger charge is 2.40. The molecule has 3 saturated heterocycles. The number of fused-ring (bicyclic) bond motifs is 2. The van der Waals surface area contributed by atoms with Crippen LogP contribution in [0.1, 0.15) is 34.5 Å². The number of piperazine rings is 1. The monoisotopic (exact) mass is 680 g/mol. The molecule has 2 aromatic carbocycles. The number of carbonyl (C=O) groups is 3. The number of piperidine rings is 1. The van der Waals surface area contributed by atoms with Crippen molar-refractivity contribution < 1.29 is 37.0 Å². The number of hydrogen-bond acceptors (Lipinski definition) is 9. The highest BCUT2D eigenvalue weighted by atomic mass is 19.4. The number of benzene rings is 2. The van der Waals surface area contributed by atoms with Crippen molar-refractivity contribution in [3.8, 4) is 5.75 Å². The van der Waals surface area contributed by atoms with Gasteiger partial charge in [0, 0.05) is 94.6 Å². The number of rotatable bonds is 9. The smallest absolute Gasteiger partial charge is 0.401 e. The number of anilines is 1. The first-order chi connectivity index (χ1) is 23.5. The van der Waals surface area contributed by atoms with E-state index in [2.05, 4.69) is 21.2 Å². The number of alkyl halides is 3. The van der Waals surface area contributed by atoms with Gasteiger partial charge in [-0.05, 0) is 53.8 Å². The molecular weight excluding hydrogens is 641 g/mol. The second-order valence-corrected chi connectivity index (χ2v) is 13.4. The van der Waals surface area contributed by atoms with Crippen molar-refractivity contribution >= 4 is 34.2 Å². The van der Waals surface area contributed by atoms with Crippen molar-refractivity contribution in [2.45, 2.75) is 44.3 Å². The van der Waals surface area contributed by atoms with Gasteiger partial charge in [-0.15, -0.1) is 0 Å². The van der Waals surface area contributed by atoms with Gasteiger partial charge in [-0.1, -0.05) is 6.07 Å². The van der Waals surface area contributed by atoms with Crippen LogP contribution in [0, 0.1) is 5.92 Å². The van der Waals surface area contributed by atoms with Crippen LogP contribution in [0.25, 0.3) is 10.8 Å². The normalized spacial score (nSPS) is 23.8. The Bertz CT molecular complexity index is 1750. The molecule has 4 aliphatic rings. The molecule has 3 aromatic rings. The van der Waals surface area contributed by atoms with E-state index >= 15 is 0 Å². The minimum absolute atomic E-state index is 0.111. The molecule has 0 bridgehead atoms. The van der Waals surface area contributed by atoms with Gasteiger partial charge in [0.05, 0.1) is 18.8 Å². The van der Waals surface area contributed by atoms with Gasteiger partial charge in [-0.2, -0.15) is 13.2 Å². The summed E-state index contributed by atoms with van der Waals surface area (Å²) in [6.45, 7) is 3.79. The van der Waals surface area contributed by atoms with E-state index in [0.717, 1.165) is 34.3 Å². The molecule has 0 aliphatic carbocycles. The highest BCUT2D eigenvalue weighted by molar-refractivity contribution is 6.05. The molecule has 0 spiro atoms. The molecule has 0 unspecified atom stereocenters. The quantitative estimate of drug-likeness (QED) is 0.341. The van der Waals surface area contributed by atoms with Gasteiger partial charge in [0.15, 0.2) is 0 Å². The molecule has 49 heavy (non-hydrogen) atoms. The number of hydrogen-bond donors (Lipinski definition) is 1. The Kier molecular flexibility index (Phi) is 9.20. The first-order valence-electron chi connectivity index (χ1n) is 16.6. The number of nitrogens with zero attached hydrogens (tertiary/aromatic N) is 5. The van der Waals surface area contributed by atoms with Crippen LogP contribution in [0.2, 0.25) is 0 Å². The summed E-state index contributed by atoms with van der Waals surface area (Å²) in [5.74, 6) is -0.220. The average molecular weight is 681 g/mol. The largest absolute Gasteiger partial charge is 0.489 e. The predicted octanol–water partition coefficient (Wildman–Crippen LogP) is 3.21. The molecule has 3 amide bonds. The average Bonchev–Trinajstić information content (AvgIpc) is 3.59. The molecule has 3 fully saturated rings. The number of methoxy groups -OCH3 is 1. The first-order valence-corrected chi connectivity index (χ1v) is 16.6. The fourth-order valence-electron chi connectivity index (χ4n) is 7.47. The Balaban J connectivity index is 0.973. The lowest BCUT2D eigenvalue weighted by atomic mass is 10.0. The van der Waals surface area contributed by atoms with Crippen molar-refractivity contribution in [1.82, 2.24) is 25.0 Å². The van der Waals surface area contributed by atoms with Crippen LogP contribution in [0.5, 0.6) is 5.75 Å². The number of pyridine rings is 1. The molecule has 4 aliphatic heterocycles. The maximum absolute atomic E-state index is 13.1. The van der Waals surface area contributed by atoms with Gasteiger partial charge in [-0.3, -0.25) is 34.5 Å². The van der Waals surface area contributed by atoms with E-state index in [1.54, 1.807) is 19.2 Å². The van der Waals surface area contributed by atoms with Gasteiger partial charge in [0.2, 0.25) is 11.8 Å². The van der Waals surface area contributed by atoms with Crippen LogP contribution < -0.4 is 15.0 Å². The maximum Gasteiger partial charge on any atom is 0.401 e. The van der Waals surface area contributed by atoms with Crippen LogP contribution in [0.15, 0.2) is 48.7 Å². The summed E-state index contributed by atoms with van der Waals surface area (Å²) in [6.07, 6.45) is -1.96. The summed E-state index contributed by atoms with van der Waals surface area (Å²) in [6, 6.07) is 12.9. The molecule has 1 N–H and O–H groups in total. The van der Waals surface area contributed by atoms with E-state index in [-0.39, 0.29) is 36.8 Å². The number of ether oxygens (including phenoxy) is 2. The number of halogens is 3. The third-order valence-corrected chi connectivity index (χ3v) is 9.91.